The summed E-state index contributed by atoms with van der Waals surface area (Å²) in [5.41, 5.74) is 1.10. The van der Waals surface area contributed by atoms with Gasteiger partial charge in [0.15, 0.2) is 0 Å². The largest absolute Gasteiger partial charge is 0.458 e. The van der Waals surface area contributed by atoms with Crippen molar-refractivity contribution in [2.75, 3.05) is 13.2 Å². The van der Waals surface area contributed by atoms with Crippen LogP contribution in [0.1, 0.15) is 57.4 Å². The van der Waals surface area contributed by atoms with Crippen LogP contribution in [-0.2, 0) is 25.6 Å². The Kier molecular flexibility index (Phi) is 12.6. The van der Waals surface area contributed by atoms with Gasteiger partial charge in [0.2, 0.25) is 5.91 Å². The van der Waals surface area contributed by atoms with E-state index in [4.69, 9.17) is 4.74 Å². The lowest BCUT2D eigenvalue weighted by atomic mass is 9.89. The topological polar surface area (TPSA) is 148 Å². The lowest BCUT2D eigenvalue weighted by Crippen LogP contribution is -2.22. The number of carbonyl (C=O) groups excluding carboxylic acids is 2. The third-order valence-corrected chi connectivity index (χ3v) is 7.63. The summed E-state index contributed by atoms with van der Waals surface area (Å²) in [5, 5.41) is 33.6. The number of hydrogen-bond donors (Lipinski definition) is 3. The van der Waals surface area contributed by atoms with Gasteiger partial charge in [0.1, 0.15) is 12.7 Å². The van der Waals surface area contributed by atoms with E-state index < -0.39 is 35.3 Å². The Morgan fingerprint density at radius 3 is 2.67 bits per heavy atom. The number of hydrogen-bond acceptors (Lipinski definition) is 8. The van der Waals surface area contributed by atoms with E-state index in [1.54, 1.807) is 6.08 Å². The third kappa shape index (κ3) is 10.4. The zero-order chi connectivity index (χ0) is 28.9. The van der Waals surface area contributed by atoms with E-state index in [2.05, 4.69) is 10.2 Å². The highest BCUT2D eigenvalue weighted by atomic mass is 16.9. The number of aliphatic hydroxyl groups is 2. The number of esters is 1. The Hall–Kier alpha value is -3.24. The molecule has 3 rings (SSSR count). The van der Waals surface area contributed by atoms with Crippen LogP contribution in [0.3, 0.4) is 0 Å². The van der Waals surface area contributed by atoms with Gasteiger partial charge in [-0.1, -0.05) is 48.6 Å². The SMILES string of the molecule is CCNC(=O)CCCC=CC[C@@H]1[C@@H](C=CC(CCc2ccccc2)OC(=O)[C@H]2CC2CO[N+](=O)[O-])[C@H](O)C[C@@H]1O. The molecule has 2 unspecified atom stereocenters. The molecule has 0 radical (unpaired) electrons. The number of nitrogens with one attached hydrogen (secondary N) is 1. The average Bonchev–Trinajstić information content (AvgIpc) is 3.66. The molecule has 0 spiro atoms. The molecule has 1 aromatic carbocycles. The zero-order valence-electron chi connectivity index (χ0n) is 23.1. The molecule has 0 aliphatic heterocycles. The number of nitrogens with zero attached hydrogens (tertiary/aromatic N) is 1. The second kappa shape index (κ2) is 16.1. The number of aryl methyl sites for hydroxylation is 1. The number of benzene rings is 1. The van der Waals surface area contributed by atoms with Crippen molar-refractivity contribution in [1.29, 1.82) is 0 Å². The Labute approximate surface area is 235 Å². The highest BCUT2D eigenvalue weighted by molar-refractivity contribution is 5.76. The second-order valence-corrected chi connectivity index (χ2v) is 10.7. The first kappa shape index (κ1) is 31.3. The molecule has 40 heavy (non-hydrogen) atoms. The second-order valence-electron chi connectivity index (χ2n) is 10.7. The fourth-order valence-electron chi connectivity index (χ4n) is 5.26. The molecule has 3 N–H and O–H groups in total. The van der Waals surface area contributed by atoms with Gasteiger partial charge in [0.05, 0.1) is 18.1 Å². The van der Waals surface area contributed by atoms with Crippen molar-refractivity contribution in [2.45, 2.75) is 76.6 Å². The molecule has 1 amide bonds. The molecule has 2 saturated carbocycles. The van der Waals surface area contributed by atoms with Crippen molar-refractivity contribution in [2.24, 2.45) is 23.7 Å². The maximum absolute atomic E-state index is 12.8. The van der Waals surface area contributed by atoms with Gasteiger partial charge < -0.3 is 25.1 Å². The minimum absolute atomic E-state index is 0.0417. The van der Waals surface area contributed by atoms with Gasteiger partial charge in [-0.2, -0.15) is 0 Å². The number of carbonyl (C=O) groups is 2. The molecule has 0 heterocycles. The summed E-state index contributed by atoms with van der Waals surface area (Å²) < 4.78 is 5.81. The van der Waals surface area contributed by atoms with Gasteiger partial charge in [-0.05, 0) is 68.9 Å². The van der Waals surface area contributed by atoms with Crippen LogP contribution in [0.2, 0.25) is 0 Å². The molecule has 0 bridgehead atoms. The minimum atomic E-state index is -0.856. The standard InChI is InChI=1S/C30H42N2O8/c1-2-31-29(35)13-9-4-3-8-12-24-25(28(34)19-27(24)33)17-16-23(15-14-21-10-6-5-7-11-21)40-30(36)26-18-22(26)20-39-32(37)38/h3,5-8,10-11,16-17,22-28,33-34H,2,4,9,12-15,18-20H2,1H3,(H,31,35)/t22?,23?,24-,25-,26+,27+,28-/m1/s1. The summed E-state index contributed by atoms with van der Waals surface area (Å²) in [5.74, 6) is -1.48. The van der Waals surface area contributed by atoms with Crippen LogP contribution in [0.5, 0.6) is 0 Å². The van der Waals surface area contributed by atoms with Gasteiger partial charge in [-0.3, -0.25) is 9.59 Å². The van der Waals surface area contributed by atoms with Gasteiger partial charge in [-0.15, -0.1) is 10.1 Å². The van der Waals surface area contributed by atoms with Crippen LogP contribution in [0.4, 0.5) is 0 Å². The zero-order valence-corrected chi connectivity index (χ0v) is 23.1. The Balaban J connectivity index is 1.58. The average molecular weight is 559 g/mol. The molecule has 0 aromatic heterocycles. The van der Waals surface area contributed by atoms with Gasteiger partial charge in [0.25, 0.3) is 5.09 Å². The summed E-state index contributed by atoms with van der Waals surface area (Å²) in [6.45, 7) is 2.39. The molecule has 0 saturated heterocycles. The van der Waals surface area contributed by atoms with E-state index in [1.807, 2.05) is 55.5 Å². The molecule has 2 aliphatic carbocycles. The van der Waals surface area contributed by atoms with E-state index >= 15 is 0 Å². The van der Waals surface area contributed by atoms with Crippen molar-refractivity contribution in [3.05, 3.63) is 70.3 Å². The summed E-state index contributed by atoms with van der Waals surface area (Å²) in [4.78, 5) is 39.2. The fraction of sp³-hybridized carbons (Fsp3) is 0.600. The third-order valence-electron chi connectivity index (χ3n) is 7.63. The first-order chi connectivity index (χ1) is 19.3. The van der Waals surface area contributed by atoms with Crippen LogP contribution in [-0.4, -0.2) is 58.6 Å². The summed E-state index contributed by atoms with van der Waals surface area (Å²) in [6.07, 6.45) is 10.3. The minimum Gasteiger partial charge on any atom is -0.458 e. The Morgan fingerprint density at radius 1 is 1.18 bits per heavy atom. The number of amides is 1. The van der Waals surface area contributed by atoms with Gasteiger partial charge in [-0.25, -0.2) is 0 Å². The molecule has 10 nitrogen and oxygen atoms in total. The molecule has 10 heteroatoms. The number of unbranched alkanes of at least 4 members (excludes halogenated alkanes) is 1. The van der Waals surface area contributed by atoms with E-state index in [-0.39, 0.29) is 36.7 Å². The molecule has 7 atom stereocenters. The quantitative estimate of drug-likeness (QED) is 0.0865. The van der Waals surface area contributed by atoms with Crippen molar-refractivity contribution in [3.8, 4) is 0 Å². The number of aliphatic hydroxyl groups excluding tert-OH is 2. The highest BCUT2D eigenvalue weighted by Crippen LogP contribution is 2.40. The van der Waals surface area contributed by atoms with Crippen LogP contribution in [0, 0.1) is 33.8 Å². The summed E-state index contributed by atoms with van der Waals surface area (Å²) >= 11 is 0. The lowest BCUT2D eigenvalue weighted by molar-refractivity contribution is -0.758. The van der Waals surface area contributed by atoms with E-state index in [9.17, 15) is 29.9 Å². The summed E-state index contributed by atoms with van der Waals surface area (Å²) in [6, 6.07) is 9.84. The monoisotopic (exact) mass is 558 g/mol. The normalized spacial score (nSPS) is 26.6. The molecule has 1 aromatic rings. The first-order valence-corrected chi connectivity index (χ1v) is 14.3. The van der Waals surface area contributed by atoms with E-state index in [0.29, 0.717) is 38.6 Å². The van der Waals surface area contributed by atoms with Gasteiger partial charge >= 0.3 is 5.97 Å². The molecular formula is C30H42N2O8. The highest BCUT2D eigenvalue weighted by Gasteiger charge is 2.45. The molecule has 2 fully saturated rings. The maximum Gasteiger partial charge on any atom is 0.309 e. The van der Waals surface area contributed by atoms with Gasteiger partial charge in [0, 0.05) is 25.3 Å². The number of rotatable bonds is 17. The maximum atomic E-state index is 12.8. The predicted molar refractivity (Wildman–Crippen MR) is 148 cm³/mol. The fourth-order valence-corrected chi connectivity index (χ4v) is 5.26. The van der Waals surface area contributed by atoms with E-state index in [0.717, 1.165) is 18.4 Å². The summed E-state index contributed by atoms with van der Waals surface area (Å²) in [7, 11) is 0. The predicted octanol–water partition coefficient (Wildman–Crippen LogP) is 3.54. The van der Waals surface area contributed by atoms with Crippen molar-refractivity contribution < 1.29 is 34.5 Å². The number of ether oxygens (including phenoxy) is 1. The van der Waals surface area contributed by atoms with Crippen molar-refractivity contribution in [3.63, 3.8) is 0 Å². The number of allylic oxidation sites excluding steroid dienone is 2. The van der Waals surface area contributed by atoms with Crippen LogP contribution >= 0.6 is 0 Å². The lowest BCUT2D eigenvalue weighted by Gasteiger charge is -2.21. The smallest absolute Gasteiger partial charge is 0.309 e. The molecule has 220 valence electrons. The Morgan fingerprint density at radius 2 is 1.95 bits per heavy atom. The van der Waals surface area contributed by atoms with E-state index in [1.165, 1.54) is 0 Å². The first-order valence-electron chi connectivity index (χ1n) is 14.3. The van der Waals surface area contributed by atoms with Crippen molar-refractivity contribution >= 4 is 11.9 Å². The molecular weight excluding hydrogens is 516 g/mol. The van der Waals surface area contributed by atoms with Crippen LogP contribution in [0.15, 0.2) is 54.6 Å². The van der Waals surface area contributed by atoms with Crippen LogP contribution in [0.25, 0.3) is 0 Å². The van der Waals surface area contributed by atoms with Crippen LogP contribution < -0.4 is 5.32 Å². The van der Waals surface area contributed by atoms with Crippen molar-refractivity contribution in [1.82, 2.24) is 5.32 Å². The Bertz CT molecular complexity index is 1010. The molecule has 2 aliphatic rings.